The van der Waals surface area contributed by atoms with Crippen molar-refractivity contribution in [1.82, 2.24) is 10.2 Å². The molecular weight excluding hydrogens is 436 g/mol. The van der Waals surface area contributed by atoms with E-state index >= 15 is 0 Å². The Kier molecular flexibility index (Phi) is 7.17. The van der Waals surface area contributed by atoms with E-state index in [2.05, 4.69) is 29.6 Å². The fourth-order valence-electron chi connectivity index (χ4n) is 4.95. The van der Waals surface area contributed by atoms with Crippen molar-refractivity contribution in [3.8, 4) is 11.1 Å². The van der Waals surface area contributed by atoms with Crippen LogP contribution in [-0.2, 0) is 19.1 Å². The Morgan fingerprint density at radius 2 is 1.74 bits per heavy atom. The van der Waals surface area contributed by atoms with Gasteiger partial charge in [-0.25, -0.2) is 9.59 Å². The van der Waals surface area contributed by atoms with Crippen molar-refractivity contribution in [1.29, 1.82) is 0 Å². The number of carbonyl (C=O) groups excluding carboxylic acids is 2. The Labute approximate surface area is 198 Å². The minimum atomic E-state index is -1.05. The lowest BCUT2D eigenvalue weighted by Crippen LogP contribution is -2.49. The molecule has 0 radical (unpaired) electrons. The number of hydrogen-bond donors (Lipinski definition) is 2. The number of alkyl carbamates (subject to hydrolysis) is 1. The van der Waals surface area contributed by atoms with Crippen LogP contribution in [0.1, 0.15) is 36.8 Å². The topological polar surface area (TPSA) is 105 Å². The molecule has 1 unspecified atom stereocenters. The van der Waals surface area contributed by atoms with E-state index in [1.54, 1.807) is 6.92 Å². The predicted molar refractivity (Wildman–Crippen MR) is 125 cm³/mol. The highest BCUT2D eigenvalue weighted by Gasteiger charge is 2.39. The second-order valence-corrected chi connectivity index (χ2v) is 8.76. The monoisotopic (exact) mass is 466 g/mol. The van der Waals surface area contributed by atoms with E-state index in [1.165, 1.54) is 11.9 Å². The van der Waals surface area contributed by atoms with Gasteiger partial charge in [0.05, 0.1) is 0 Å². The average Bonchev–Trinajstić information content (AvgIpc) is 3.44. The molecule has 4 rings (SSSR count). The maximum atomic E-state index is 12.8. The normalized spacial score (nSPS) is 19.7. The smallest absolute Gasteiger partial charge is 0.407 e. The third kappa shape index (κ3) is 4.63. The zero-order valence-corrected chi connectivity index (χ0v) is 19.4. The van der Waals surface area contributed by atoms with E-state index in [1.807, 2.05) is 24.3 Å². The fourth-order valence-corrected chi connectivity index (χ4v) is 4.95. The maximum absolute atomic E-state index is 12.8. The Hall–Kier alpha value is -3.39. The molecule has 3 atom stereocenters. The summed E-state index contributed by atoms with van der Waals surface area (Å²) in [6.07, 6.45) is -0.442. The van der Waals surface area contributed by atoms with Gasteiger partial charge in [0.1, 0.15) is 18.8 Å². The van der Waals surface area contributed by atoms with Gasteiger partial charge in [-0.1, -0.05) is 55.5 Å². The van der Waals surface area contributed by atoms with Gasteiger partial charge in [0, 0.05) is 32.0 Å². The molecule has 1 heterocycles. The molecule has 180 valence electrons. The second kappa shape index (κ2) is 10.3. The standard InChI is InChI=1S/C26H30N2O6/c1-3-22(25(30)31)28(2)24(29)23-16(12-13-33-23)14-27-26(32)34-15-21-19-10-6-4-8-17(19)18-9-5-7-11-20(18)21/h4-11,16,21-23H,3,12-15H2,1-2H3,(H,27,32)(H,30,31)/t16-,22?,23-/m1/s1. The minimum absolute atomic E-state index is 0.0297. The number of fused-ring (bicyclic) bond motifs is 3. The summed E-state index contributed by atoms with van der Waals surface area (Å²) in [5.41, 5.74) is 4.59. The SMILES string of the molecule is CCC(C(=O)O)N(C)C(=O)[C@@H]1OCC[C@@H]1CNC(=O)OCC1c2ccccc2-c2ccccc21. The summed E-state index contributed by atoms with van der Waals surface area (Å²) >= 11 is 0. The van der Waals surface area contributed by atoms with Crippen molar-refractivity contribution in [2.45, 2.75) is 37.8 Å². The molecule has 8 heteroatoms. The van der Waals surface area contributed by atoms with Crippen LogP contribution in [0.4, 0.5) is 4.79 Å². The first-order valence-electron chi connectivity index (χ1n) is 11.6. The van der Waals surface area contributed by atoms with Crippen LogP contribution in [0.15, 0.2) is 48.5 Å². The number of benzene rings is 2. The van der Waals surface area contributed by atoms with E-state index < -0.39 is 24.2 Å². The zero-order valence-electron chi connectivity index (χ0n) is 19.4. The molecule has 8 nitrogen and oxygen atoms in total. The molecule has 34 heavy (non-hydrogen) atoms. The van der Waals surface area contributed by atoms with Gasteiger partial charge in [-0.05, 0) is 35.1 Å². The van der Waals surface area contributed by atoms with Gasteiger partial charge in [0.2, 0.25) is 0 Å². The van der Waals surface area contributed by atoms with E-state index in [9.17, 15) is 19.5 Å². The summed E-state index contributed by atoms with van der Waals surface area (Å²) in [5.74, 6) is -1.71. The Morgan fingerprint density at radius 1 is 1.12 bits per heavy atom. The van der Waals surface area contributed by atoms with Crippen molar-refractivity contribution in [3.05, 3.63) is 59.7 Å². The molecule has 0 spiro atoms. The van der Waals surface area contributed by atoms with Crippen LogP contribution in [0, 0.1) is 5.92 Å². The Balaban J connectivity index is 1.33. The first-order chi connectivity index (χ1) is 16.4. The molecule has 2 N–H and O–H groups in total. The molecule has 0 aromatic heterocycles. The third-order valence-corrected chi connectivity index (χ3v) is 6.80. The minimum Gasteiger partial charge on any atom is -0.480 e. The zero-order chi connectivity index (χ0) is 24.2. The van der Waals surface area contributed by atoms with Crippen LogP contribution < -0.4 is 5.32 Å². The summed E-state index contributed by atoms with van der Waals surface area (Å²) in [6, 6.07) is 15.3. The number of carboxylic acids is 1. The lowest BCUT2D eigenvalue weighted by atomic mass is 9.98. The summed E-state index contributed by atoms with van der Waals surface area (Å²) in [6.45, 7) is 2.52. The number of nitrogens with one attached hydrogen (secondary N) is 1. The first-order valence-corrected chi connectivity index (χ1v) is 11.6. The third-order valence-electron chi connectivity index (χ3n) is 6.80. The molecule has 2 aromatic rings. The van der Waals surface area contributed by atoms with E-state index in [4.69, 9.17) is 9.47 Å². The lowest BCUT2D eigenvalue weighted by Gasteiger charge is -2.28. The van der Waals surface area contributed by atoms with Gasteiger partial charge in [0.25, 0.3) is 5.91 Å². The number of ether oxygens (including phenoxy) is 2. The number of nitrogens with zero attached hydrogens (tertiary/aromatic N) is 1. The summed E-state index contributed by atoms with van der Waals surface area (Å²) in [7, 11) is 1.47. The largest absolute Gasteiger partial charge is 0.480 e. The molecule has 2 aromatic carbocycles. The van der Waals surface area contributed by atoms with Crippen molar-refractivity contribution < 1.29 is 29.0 Å². The van der Waals surface area contributed by atoms with Crippen LogP contribution in [0.2, 0.25) is 0 Å². The highest BCUT2D eigenvalue weighted by molar-refractivity contribution is 5.86. The van der Waals surface area contributed by atoms with Crippen molar-refractivity contribution in [2.75, 3.05) is 26.8 Å². The van der Waals surface area contributed by atoms with Crippen molar-refractivity contribution in [2.24, 2.45) is 5.92 Å². The number of amides is 2. The summed E-state index contributed by atoms with van der Waals surface area (Å²) in [5, 5.41) is 12.1. The molecular formula is C26H30N2O6. The molecule has 1 fully saturated rings. The van der Waals surface area contributed by atoms with Crippen LogP contribution in [-0.4, -0.2) is 66.9 Å². The van der Waals surface area contributed by atoms with Crippen molar-refractivity contribution in [3.63, 3.8) is 0 Å². The number of carboxylic acid groups (broad SMARTS) is 1. The van der Waals surface area contributed by atoms with Crippen LogP contribution in [0.25, 0.3) is 11.1 Å². The summed E-state index contributed by atoms with van der Waals surface area (Å²) in [4.78, 5) is 38.0. The van der Waals surface area contributed by atoms with Crippen LogP contribution in [0.3, 0.4) is 0 Å². The molecule has 0 saturated carbocycles. The highest BCUT2D eigenvalue weighted by atomic mass is 16.5. The van der Waals surface area contributed by atoms with Gasteiger partial charge in [0.15, 0.2) is 0 Å². The van der Waals surface area contributed by atoms with Crippen LogP contribution in [0.5, 0.6) is 0 Å². The van der Waals surface area contributed by atoms with E-state index in [0.29, 0.717) is 19.4 Å². The maximum Gasteiger partial charge on any atom is 0.407 e. The molecule has 1 saturated heterocycles. The molecule has 1 aliphatic heterocycles. The van der Waals surface area contributed by atoms with Gasteiger partial charge in [-0.2, -0.15) is 0 Å². The van der Waals surface area contributed by atoms with Crippen molar-refractivity contribution >= 4 is 18.0 Å². The Morgan fingerprint density at radius 3 is 2.32 bits per heavy atom. The summed E-state index contributed by atoms with van der Waals surface area (Å²) < 4.78 is 11.2. The number of carbonyl (C=O) groups is 3. The van der Waals surface area contributed by atoms with Gasteiger partial charge in [-0.3, -0.25) is 4.79 Å². The highest BCUT2D eigenvalue weighted by Crippen LogP contribution is 2.44. The Bertz CT molecular complexity index is 1030. The molecule has 2 amide bonds. The molecule has 0 bridgehead atoms. The number of hydrogen-bond acceptors (Lipinski definition) is 5. The molecule has 1 aliphatic carbocycles. The van der Waals surface area contributed by atoms with E-state index in [-0.39, 0.29) is 30.9 Å². The molecule has 2 aliphatic rings. The number of rotatable bonds is 8. The number of aliphatic carboxylic acids is 1. The number of likely N-dealkylation sites (N-methyl/N-ethyl adjacent to an activating group) is 1. The van der Waals surface area contributed by atoms with Gasteiger partial charge >= 0.3 is 12.1 Å². The van der Waals surface area contributed by atoms with E-state index in [0.717, 1.165) is 22.3 Å². The van der Waals surface area contributed by atoms with Gasteiger partial charge < -0.3 is 24.8 Å². The average molecular weight is 467 g/mol. The first kappa shape index (κ1) is 23.8. The second-order valence-electron chi connectivity index (χ2n) is 8.76. The van der Waals surface area contributed by atoms with Crippen LogP contribution >= 0.6 is 0 Å². The van der Waals surface area contributed by atoms with Gasteiger partial charge in [-0.15, -0.1) is 0 Å². The fraction of sp³-hybridized carbons (Fsp3) is 0.423. The lowest BCUT2D eigenvalue weighted by molar-refractivity contribution is -0.154. The quantitative estimate of drug-likeness (QED) is 0.619. The predicted octanol–water partition coefficient (Wildman–Crippen LogP) is 3.25.